The van der Waals surface area contributed by atoms with Crippen molar-refractivity contribution in [1.82, 2.24) is 10.8 Å². The molecule has 16 heavy (non-hydrogen) atoms. The van der Waals surface area contributed by atoms with Crippen LogP contribution in [0.5, 0.6) is 0 Å². The molecule has 2 amide bonds. The van der Waals surface area contributed by atoms with E-state index in [0.29, 0.717) is 13.2 Å². The first-order valence-corrected chi connectivity index (χ1v) is 5.00. The molecule has 7 heteroatoms. The van der Waals surface area contributed by atoms with Crippen molar-refractivity contribution < 1.29 is 19.2 Å². The lowest BCUT2D eigenvalue weighted by molar-refractivity contribution is -0.132. The maximum atomic E-state index is 11.4. The number of ether oxygens (including phenoxy) is 1. The summed E-state index contributed by atoms with van der Waals surface area (Å²) >= 11 is 0. The summed E-state index contributed by atoms with van der Waals surface area (Å²) in [5.74, 6) is -0.805. The number of carbonyl (C=O) groups excluding carboxylic acids is 2. The molecule has 0 aromatic heterocycles. The van der Waals surface area contributed by atoms with Crippen LogP contribution in [0, 0.1) is 0 Å². The Morgan fingerprint density at radius 1 is 1.44 bits per heavy atom. The van der Waals surface area contributed by atoms with E-state index >= 15 is 0 Å². The molecule has 0 aliphatic carbocycles. The van der Waals surface area contributed by atoms with E-state index < -0.39 is 11.9 Å². The second-order valence-electron chi connectivity index (χ2n) is 3.23. The molecule has 0 saturated heterocycles. The normalized spacial score (nSPS) is 12.1. The Balaban J connectivity index is 3.53. The van der Waals surface area contributed by atoms with Gasteiger partial charge in [0.2, 0.25) is 11.8 Å². The fraction of sp³-hybridized carbons (Fsp3) is 0.778. The third-order valence-corrected chi connectivity index (χ3v) is 1.69. The Labute approximate surface area is 94.6 Å². The second kappa shape index (κ2) is 9.08. The van der Waals surface area contributed by atoms with E-state index in [4.69, 9.17) is 15.3 Å². The van der Waals surface area contributed by atoms with Crippen LogP contribution in [0.4, 0.5) is 0 Å². The van der Waals surface area contributed by atoms with E-state index in [1.807, 2.05) is 0 Å². The zero-order valence-electron chi connectivity index (χ0n) is 9.62. The van der Waals surface area contributed by atoms with Crippen LogP contribution in [0.3, 0.4) is 0 Å². The van der Waals surface area contributed by atoms with Crippen molar-refractivity contribution in [3.8, 4) is 0 Å². The van der Waals surface area contributed by atoms with Gasteiger partial charge in [-0.05, 0) is 13.3 Å². The van der Waals surface area contributed by atoms with Crippen molar-refractivity contribution in [3.63, 3.8) is 0 Å². The van der Waals surface area contributed by atoms with Gasteiger partial charge in [-0.15, -0.1) is 0 Å². The van der Waals surface area contributed by atoms with Crippen molar-refractivity contribution in [2.45, 2.75) is 19.4 Å². The van der Waals surface area contributed by atoms with Gasteiger partial charge in [-0.3, -0.25) is 14.4 Å². The minimum Gasteiger partial charge on any atom is -0.385 e. The van der Waals surface area contributed by atoms with E-state index in [1.54, 1.807) is 14.0 Å². The van der Waals surface area contributed by atoms with Crippen LogP contribution in [-0.4, -0.2) is 44.7 Å². The van der Waals surface area contributed by atoms with E-state index in [1.165, 1.54) is 0 Å². The van der Waals surface area contributed by atoms with Crippen LogP contribution in [0.25, 0.3) is 0 Å². The number of methoxy groups -OCH3 is 1. The van der Waals surface area contributed by atoms with Gasteiger partial charge < -0.3 is 15.8 Å². The van der Waals surface area contributed by atoms with Gasteiger partial charge in [-0.1, -0.05) is 0 Å². The summed E-state index contributed by atoms with van der Waals surface area (Å²) in [5, 5.41) is 2.68. The molecule has 4 N–H and O–H groups in total. The summed E-state index contributed by atoms with van der Waals surface area (Å²) in [6.45, 7) is 2.49. The van der Waals surface area contributed by atoms with Gasteiger partial charge in [-0.2, -0.15) is 5.48 Å². The summed E-state index contributed by atoms with van der Waals surface area (Å²) in [6, 6.07) is -0.540. The minimum absolute atomic E-state index is 0.208. The molecule has 0 saturated carbocycles. The number of nitrogens with two attached hydrogens (primary N) is 1. The number of primary amides is 1. The summed E-state index contributed by atoms with van der Waals surface area (Å²) in [7, 11) is 1.60. The van der Waals surface area contributed by atoms with Crippen molar-refractivity contribution >= 4 is 11.8 Å². The first kappa shape index (κ1) is 14.8. The van der Waals surface area contributed by atoms with Crippen LogP contribution < -0.4 is 16.5 Å². The molecular formula is C9H19N3O4. The van der Waals surface area contributed by atoms with Gasteiger partial charge in [-0.25, -0.2) is 0 Å². The molecule has 0 spiro atoms. The zero-order valence-corrected chi connectivity index (χ0v) is 9.62. The van der Waals surface area contributed by atoms with Crippen LogP contribution >= 0.6 is 0 Å². The van der Waals surface area contributed by atoms with Gasteiger partial charge in [0, 0.05) is 20.3 Å². The topological polar surface area (TPSA) is 103 Å². The number of amides is 2. The largest absolute Gasteiger partial charge is 0.385 e. The molecule has 0 radical (unpaired) electrons. The lowest BCUT2D eigenvalue weighted by atomic mass is 10.3. The van der Waals surface area contributed by atoms with Crippen LogP contribution in [0.1, 0.15) is 13.3 Å². The number of hydroxylamine groups is 1. The molecule has 0 aromatic carbocycles. The highest BCUT2D eigenvalue weighted by Crippen LogP contribution is 1.84. The lowest BCUT2D eigenvalue weighted by Gasteiger charge is -2.13. The highest BCUT2D eigenvalue weighted by Gasteiger charge is 2.11. The zero-order chi connectivity index (χ0) is 12.4. The average molecular weight is 233 g/mol. The van der Waals surface area contributed by atoms with Gasteiger partial charge >= 0.3 is 0 Å². The quantitative estimate of drug-likeness (QED) is 0.333. The summed E-state index contributed by atoms with van der Waals surface area (Å²) in [4.78, 5) is 26.4. The van der Waals surface area contributed by atoms with Crippen LogP contribution in [0.2, 0.25) is 0 Å². The molecule has 1 unspecified atom stereocenters. The monoisotopic (exact) mass is 233 g/mol. The smallest absolute Gasteiger partial charge is 0.245 e. The maximum absolute atomic E-state index is 11.4. The molecule has 0 heterocycles. The lowest BCUT2D eigenvalue weighted by Crippen LogP contribution is -2.43. The summed E-state index contributed by atoms with van der Waals surface area (Å²) in [5.41, 5.74) is 7.26. The Morgan fingerprint density at radius 3 is 2.69 bits per heavy atom. The first-order valence-electron chi connectivity index (χ1n) is 5.00. The van der Waals surface area contributed by atoms with Crippen molar-refractivity contribution in [1.29, 1.82) is 0 Å². The molecule has 0 aliphatic heterocycles. The predicted octanol–water partition coefficient (Wildman–Crippen LogP) is -1.47. The van der Waals surface area contributed by atoms with Gasteiger partial charge in [0.25, 0.3) is 0 Å². The average Bonchev–Trinajstić information content (AvgIpc) is 2.23. The molecule has 0 rings (SSSR count). The Kier molecular flexibility index (Phi) is 8.41. The molecule has 0 aliphatic rings. The van der Waals surface area contributed by atoms with E-state index in [9.17, 15) is 9.59 Å². The maximum Gasteiger partial charge on any atom is 0.245 e. The Hall–Kier alpha value is -1.18. The number of hydrogen-bond acceptors (Lipinski definition) is 5. The predicted molar refractivity (Wildman–Crippen MR) is 57.2 cm³/mol. The highest BCUT2D eigenvalue weighted by molar-refractivity contribution is 5.81. The Bertz CT molecular complexity index is 223. The third-order valence-electron chi connectivity index (χ3n) is 1.69. The fourth-order valence-corrected chi connectivity index (χ4v) is 0.873. The molecule has 94 valence electrons. The molecule has 0 bridgehead atoms. The SMILES string of the molecule is COCCCNC(=O)C(C)NOCC(N)=O. The Morgan fingerprint density at radius 2 is 2.12 bits per heavy atom. The van der Waals surface area contributed by atoms with Crippen molar-refractivity contribution in [2.75, 3.05) is 26.9 Å². The van der Waals surface area contributed by atoms with Gasteiger partial charge in [0.15, 0.2) is 0 Å². The molecule has 0 aromatic rings. The van der Waals surface area contributed by atoms with Crippen LogP contribution in [0.15, 0.2) is 0 Å². The molecule has 0 fully saturated rings. The molecule has 7 nitrogen and oxygen atoms in total. The third kappa shape index (κ3) is 8.16. The second-order valence-corrected chi connectivity index (χ2v) is 3.23. The van der Waals surface area contributed by atoms with E-state index in [2.05, 4.69) is 10.8 Å². The standard InChI is InChI=1S/C9H19N3O4/c1-7(12-16-6-8(10)13)9(14)11-4-3-5-15-2/h7,12H,3-6H2,1-2H3,(H2,10,13)(H,11,14). The number of carbonyl (C=O) groups is 2. The summed E-state index contributed by atoms with van der Waals surface area (Å²) < 4.78 is 4.83. The van der Waals surface area contributed by atoms with Gasteiger partial charge in [0.1, 0.15) is 12.6 Å². The van der Waals surface area contributed by atoms with E-state index in [-0.39, 0.29) is 12.5 Å². The molecular weight excluding hydrogens is 214 g/mol. The minimum atomic E-state index is -0.597. The number of hydrogen-bond donors (Lipinski definition) is 3. The van der Waals surface area contributed by atoms with Crippen molar-refractivity contribution in [2.24, 2.45) is 5.73 Å². The summed E-state index contributed by atoms with van der Waals surface area (Å²) in [6.07, 6.45) is 0.747. The van der Waals surface area contributed by atoms with Gasteiger partial charge in [0.05, 0.1) is 0 Å². The van der Waals surface area contributed by atoms with Crippen LogP contribution in [-0.2, 0) is 19.2 Å². The highest BCUT2D eigenvalue weighted by atomic mass is 16.6. The number of nitrogens with one attached hydrogen (secondary N) is 2. The molecule has 1 atom stereocenters. The number of rotatable bonds is 9. The van der Waals surface area contributed by atoms with E-state index in [0.717, 1.165) is 6.42 Å². The van der Waals surface area contributed by atoms with Crippen molar-refractivity contribution in [3.05, 3.63) is 0 Å². The fourth-order valence-electron chi connectivity index (χ4n) is 0.873. The first-order chi connectivity index (χ1) is 7.57.